The highest BCUT2D eigenvalue weighted by molar-refractivity contribution is 5.62. The van der Waals surface area contributed by atoms with Gasteiger partial charge in [-0.2, -0.15) is 14.9 Å². The zero-order chi connectivity index (χ0) is 23.1. The maximum Gasteiger partial charge on any atom is 0.330 e. The molecule has 1 aromatic carbocycles. The van der Waals surface area contributed by atoms with E-state index in [0.29, 0.717) is 22.2 Å². The average molecular weight is 448 g/mol. The van der Waals surface area contributed by atoms with Gasteiger partial charge in [0, 0.05) is 11.3 Å². The van der Waals surface area contributed by atoms with Gasteiger partial charge in [-0.1, -0.05) is 0 Å². The lowest BCUT2D eigenvalue weighted by molar-refractivity contribution is 0.192. The Kier molecular flexibility index (Phi) is 4.87. The second-order valence-corrected chi connectivity index (χ2v) is 7.51. The van der Waals surface area contributed by atoms with Gasteiger partial charge in [-0.05, 0) is 37.1 Å². The minimum atomic E-state index is -0.684. The Morgan fingerprint density at radius 2 is 2.21 bits per heavy atom. The number of halogens is 1. The van der Waals surface area contributed by atoms with Crippen LogP contribution < -0.4 is 21.7 Å². The lowest BCUT2D eigenvalue weighted by atomic mass is 10.2. The SMILES string of the molecule is N#Cc1ccc(Nc2cc(=NC3CC3)n3ncc(=Cc4[nH]c(=O)n(CO)c4O)c3n2)c(F)c1. The maximum atomic E-state index is 14.4. The molecule has 0 amide bonds. The summed E-state index contributed by atoms with van der Waals surface area (Å²) < 4.78 is 16.7. The first kappa shape index (κ1) is 20.4. The number of benzene rings is 1. The summed E-state index contributed by atoms with van der Waals surface area (Å²) in [6, 6.07) is 7.76. The predicted octanol–water partition coefficient (Wildman–Crippen LogP) is 0.240. The Morgan fingerprint density at radius 3 is 2.88 bits per heavy atom. The molecule has 11 nitrogen and oxygen atoms in total. The molecule has 1 saturated carbocycles. The third-order valence-electron chi connectivity index (χ3n) is 5.13. The molecule has 3 aromatic heterocycles. The van der Waals surface area contributed by atoms with Gasteiger partial charge < -0.3 is 20.5 Å². The molecule has 1 aliphatic carbocycles. The summed E-state index contributed by atoms with van der Waals surface area (Å²) in [4.78, 5) is 23.5. The van der Waals surface area contributed by atoms with Crippen LogP contribution in [0.5, 0.6) is 5.88 Å². The molecule has 0 radical (unpaired) electrons. The molecule has 0 bridgehead atoms. The van der Waals surface area contributed by atoms with Crippen molar-refractivity contribution in [3.8, 4) is 11.9 Å². The number of anilines is 2. The fourth-order valence-electron chi connectivity index (χ4n) is 3.30. The summed E-state index contributed by atoms with van der Waals surface area (Å²) >= 11 is 0. The molecule has 0 unspecified atom stereocenters. The summed E-state index contributed by atoms with van der Waals surface area (Å²) in [5, 5.41) is 36.0. The van der Waals surface area contributed by atoms with Crippen molar-refractivity contribution in [2.45, 2.75) is 25.6 Å². The van der Waals surface area contributed by atoms with E-state index < -0.39 is 24.1 Å². The molecular weight excluding hydrogens is 431 g/mol. The molecule has 0 spiro atoms. The number of fused-ring (bicyclic) bond motifs is 1. The molecular formula is C21H17FN8O3. The zero-order valence-corrected chi connectivity index (χ0v) is 17.0. The van der Waals surface area contributed by atoms with Gasteiger partial charge in [0.25, 0.3) is 0 Å². The average Bonchev–Trinajstić information content (AvgIpc) is 3.46. The quantitative estimate of drug-likeness (QED) is 0.341. The first-order valence-corrected chi connectivity index (χ1v) is 10.0. The zero-order valence-electron chi connectivity index (χ0n) is 17.0. The van der Waals surface area contributed by atoms with Crippen LogP contribution in [-0.4, -0.2) is 40.4 Å². The Hall–Kier alpha value is -4.50. The minimum absolute atomic E-state index is 0.0722. The number of rotatable bonds is 5. The molecule has 0 aliphatic heterocycles. The number of H-pyrrole nitrogens is 1. The van der Waals surface area contributed by atoms with E-state index in [9.17, 15) is 19.4 Å². The molecule has 5 rings (SSSR count). The summed E-state index contributed by atoms with van der Waals surface area (Å²) in [6.07, 6.45) is 4.88. The molecule has 12 heteroatoms. The van der Waals surface area contributed by atoms with Gasteiger partial charge in [0.05, 0.1) is 29.6 Å². The standard InChI is InChI=1S/C21H17FN8O3/c22-14-5-11(8-23)1-4-15(14)26-17-7-18(25-13-2-3-13)30-19(28-17)12(9-24-30)6-16-20(32)29(10-31)21(33)27-16/h1,4-7,9,13,26,31-32H,2-3,10H2,(H,27,33). The Bertz CT molecular complexity index is 1610. The van der Waals surface area contributed by atoms with E-state index >= 15 is 0 Å². The van der Waals surface area contributed by atoms with Gasteiger partial charge in [0.1, 0.15) is 24.1 Å². The number of aromatic hydroxyl groups is 1. The van der Waals surface area contributed by atoms with E-state index in [0.717, 1.165) is 23.5 Å². The van der Waals surface area contributed by atoms with Crippen molar-refractivity contribution in [1.82, 2.24) is 24.1 Å². The molecule has 0 atom stereocenters. The van der Waals surface area contributed by atoms with Gasteiger partial charge >= 0.3 is 5.69 Å². The highest BCUT2D eigenvalue weighted by Gasteiger charge is 2.20. The summed E-state index contributed by atoms with van der Waals surface area (Å²) in [6.45, 7) is -0.684. The summed E-state index contributed by atoms with van der Waals surface area (Å²) in [7, 11) is 0. The van der Waals surface area contributed by atoms with E-state index in [1.54, 1.807) is 6.07 Å². The van der Waals surface area contributed by atoms with Crippen molar-refractivity contribution >= 4 is 23.2 Å². The maximum absolute atomic E-state index is 14.4. The number of nitriles is 1. The van der Waals surface area contributed by atoms with Crippen molar-refractivity contribution in [3.05, 3.63) is 68.7 Å². The van der Waals surface area contributed by atoms with Crippen molar-refractivity contribution in [3.63, 3.8) is 0 Å². The van der Waals surface area contributed by atoms with E-state index in [2.05, 4.69) is 25.4 Å². The highest BCUT2D eigenvalue weighted by atomic mass is 19.1. The van der Waals surface area contributed by atoms with Crippen LogP contribution in [0.4, 0.5) is 15.9 Å². The first-order chi connectivity index (χ1) is 16.0. The number of aliphatic hydroxyl groups excluding tert-OH is 1. The molecule has 1 fully saturated rings. The second kappa shape index (κ2) is 7.88. The van der Waals surface area contributed by atoms with Crippen LogP contribution in [0, 0.1) is 17.1 Å². The second-order valence-electron chi connectivity index (χ2n) is 7.51. The Labute approximate surface area is 184 Å². The van der Waals surface area contributed by atoms with Crippen LogP contribution in [0.1, 0.15) is 24.1 Å². The summed E-state index contributed by atoms with van der Waals surface area (Å²) in [5.41, 5.74) is 0.587. The lowest BCUT2D eigenvalue weighted by Crippen LogP contribution is -2.20. The normalized spacial score (nSPS) is 14.7. The number of imidazole rings is 1. The smallest absolute Gasteiger partial charge is 0.330 e. The van der Waals surface area contributed by atoms with Crippen molar-refractivity contribution in [2.75, 3.05) is 5.32 Å². The third kappa shape index (κ3) is 3.81. The number of aromatic nitrogens is 5. The van der Waals surface area contributed by atoms with E-state index in [4.69, 9.17) is 5.26 Å². The monoisotopic (exact) mass is 448 g/mol. The van der Waals surface area contributed by atoms with Gasteiger partial charge in [0.2, 0.25) is 5.88 Å². The molecule has 3 heterocycles. The molecule has 1 aliphatic rings. The fraction of sp³-hybridized carbons (Fsp3) is 0.190. The molecule has 0 saturated heterocycles. The molecule has 4 aromatic rings. The van der Waals surface area contributed by atoms with Gasteiger partial charge in [-0.25, -0.2) is 18.7 Å². The van der Waals surface area contributed by atoms with E-state index in [1.807, 2.05) is 6.07 Å². The van der Waals surface area contributed by atoms with Crippen molar-refractivity contribution in [1.29, 1.82) is 5.26 Å². The molecule has 33 heavy (non-hydrogen) atoms. The number of hydrogen-bond acceptors (Lipinski definition) is 8. The molecule has 166 valence electrons. The predicted molar refractivity (Wildman–Crippen MR) is 114 cm³/mol. The van der Waals surface area contributed by atoms with Crippen LogP contribution in [0.3, 0.4) is 0 Å². The van der Waals surface area contributed by atoms with Crippen molar-refractivity contribution in [2.24, 2.45) is 4.99 Å². The number of aromatic amines is 1. The van der Waals surface area contributed by atoms with Crippen LogP contribution in [0.2, 0.25) is 0 Å². The van der Waals surface area contributed by atoms with Gasteiger partial charge in [-0.15, -0.1) is 0 Å². The number of hydrogen-bond donors (Lipinski definition) is 4. The Balaban J connectivity index is 1.66. The third-order valence-corrected chi connectivity index (χ3v) is 5.13. The summed E-state index contributed by atoms with van der Waals surface area (Å²) in [5.74, 6) is -0.741. The van der Waals surface area contributed by atoms with Gasteiger partial charge in [0.15, 0.2) is 11.1 Å². The topological polar surface area (TPSA) is 157 Å². The van der Waals surface area contributed by atoms with Crippen LogP contribution in [0.15, 0.2) is 40.2 Å². The lowest BCUT2D eigenvalue weighted by Gasteiger charge is -2.08. The number of nitrogens with one attached hydrogen (secondary N) is 2. The highest BCUT2D eigenvalue weighted by Crippen LogP contribution is 2.23. The Morgan fingerprint density at radius 1 is 1.39 bits per heavy atom. The van der Waals surface area contributed by atoms with Crippen LogP contribution in [-0.2, 0) is 6.73 Å². The minimum Gasteiger partial charge on any atom is -0.493 e. The van der Waals surface area contributed by atoms with Crippen LogP contribution >= 0.6 is 0 Å². The van der Waals surface area contributed by atoms with Gasteiger partial charge in [-0.3, -0.25) is 4.99 Å². The molecule has 4 N–H and O–H groups in total. The van der Waals surface area contributed by atoms with E-state index in [-0.39, 0.29) is 23.0 Å². The largest absolute Gasteiger partial charge is 0.493 e. The number of nitrogens with zero attached hydrogens (tertiary/aromatic N) is 6. The van der Waals surface area contributed by atoms with Crippen molar-refractivity contribution < 1.29 is 14.6 Å². The van der Waals surface area contributed by atoms with Crippen LogP contribution in [0.25, 0.3) is 11.7 Å². The fourth-order valence-corrected chi connectivity index (χ4v) is 3.30. The number of aliphatic hydroxyl groups is 1. The first-order valence-electron chi connectivity index (χ1n) is 10.0. The van der Waals surface area contributed by atoms with E-state index in [1.165, 1.54) is 28.9 Å².